The quantitative estimate of drug-likeness (QED) is 0.862. The second-order valence-corrected chi connectivity index (χ2v) is 4.69. The fourth-order valence-corrected chi connectivity index (χ4v) is 1.80. The van der Waals surface area contributed by atoms with Crippen molar-refractivity contribution in [3.05, 3.63) is 48.3 Å². The fourth-order valence-electron chi connectivity index (χ4n) is 1.80. The SMILES string of the molecule is CC(C)n1cc(C(Nc2ccccc2)C(N)=O)cn1. The molecule has 0 aliphatic carbocycles. The normalized spacial score (nSPS) is 12.4. The minimum Gasteiger partial charge on any atom is -0.370 e. The summed E-state index contributed by atoms with van der Waals surface area (Å²) < 4.78 is 1.80. The molecule has 0 saturated heterocycles. The third kappa shape index (κ3) is 3.13. The Labute approximate surface area is 112 Å². The molecule has 5 heteroatoms. The first kappa shape index (κ1) is 13.1. The van der Waals surface area contributed by atoms with E-state index in [1.807, 2.05) is 50.4 Å². The lowest BCUT2D eigenvalue weighted by Gasteiger charge is -2.15. The zero-order valence-electron chi connectivity index (χ0n) is 11.1. The maximum atomic E-state index is 11.6. The number of rotatable bonds is 5. The molecule has 2 aromatic rings. The van der Waals surface area contributed by atoms with E-state index in [1.54, 1.807) is 10.9 Å². The topological polar surface area (TPSA) is 72.9 Å². The molecule has 0 radical (unpaired) electrons. The summed E-state index contributed by atoms with van der Waals surface area (Å²) in [4.78, 5) is 11.6. The number of benzene rings is 1. The van der Waals surface area contributed by atoms with Gasteiger partial charge < -0.3 is 11.1 Å². The van der Waals surface area contributed by atoms with E-state index in [0.29, 0.717) is 0 Å². The van der Waals surface area contributed by atoms with Gasteiger partial charge in [0.05, 0.1) is 6.20 Å². The number of nitrogens with one attached hydrogen (secondary N) is 1. The molecule has 0 aliphatic rings. The van der Waals surface area contributed by atoms with E-state index < -0.39 is 11.9 Å². The number of nitrogens with two attached hydrogens (primary N) is 1. The lowest BCUT2D eigenvalue weighted by atomic mass is 10.1. The first-order valence-electron chi connectivity index (χ1n) is 6.23. The van der Waals surface area contributed by atoms with Crippen LogP contribution in [0.4, 0.5) is 5.69 Å². The van der Waals surface area contributed by atoms with Crippen molar-refractivity contribution < 1.29 is 4.79 Å². The second kappa shape index (κ2) is 5.56. The summed E-state index contributed by atoms with van der Waals surface area (Å²) in [7, 11) is 0. The van der Waals surface area contributed by atoms with Crippen molar-refractivity contribution in [3.63, 3.8) is 0 Å². The Morgan fingerprint density at radius 2 is 2.00 bits per heavy atom. The van der Waals surface area contributed by atoms with Crippen molar-refractivity contribution in [2.45, 2.75) is 25.9 Å². The number of hydrogen-bond donors (Lipinski definition) is 2. The van der Waals surface area contributed by atoms with Crippen molar-refractivity contribution in [1.82, 2.24) is 9.78 Å². The van der Waals surface area contributed by atoms with Crippen molar-refractivity contribution in [2.24, 2.45) is 5.73 Å². The highest BCUT2D eigenvalue weighted by molar-refractivity contribution is 5.84. The number of nitrogens with zero attached hydrogens (tertiary/aromatic N) is 2. The summed E-state index contributed by atoms with van der Waals surface area (Å²) in [6.07, 6.45) is 3.52. The monoisotopic (exact) mass is 258 g/mol. The lowest BCUT2D eigenvalue weighted by Crippen LogP contribution is -2.27. The average molecular weight is 258 g/mol. The van der Waals surface area contributed by atoms with Gasteiger partial charge in [-0.2, -0.15) is 5.10 Å². The Balaban J connectivity index is 2.22. The first-order chi connectivity index (χ1) is 9.08. The van der Waals surface area contributed by atoms with Crippen LogP contribution in [-0.2, 0) is 4.79 Å². The van der Waals surface area contributed by atoms with Crippen LogP contribution in [0, 0.1) is 0 Å². The Bertz CT molecular complexity index is 548. The largest absolute Gasteiger partial charge is 0.370 e. The molecule has 100 valence electrons. The highest BCUT2D eigenvalue weighted by Crippen LogP contribution is 2.19. The molecule has 1 aromatic carbocycles. The van der Waals surface area contributed by atoms with E-state index in [9.17, 15) is 4.79 Å². The average Bonchev–Trinajstić information content (AvgIpc) is 2.86. The standard InChI is InChI=1S/C14H18N4O/c1-10(2)18-9-11(8-16-18)13(14(15)19)17-12-6-4-3-5-7-12/h3-10,13,17H,1-2H3,(H2,15,19). The van der Waals surface area contributed by atoms with Crippen LogP contribution in [0.25, 0.3) is 0 Å². The zero-order valence-corrected chi connectivity index (χ0v) is 11.1. The van der Waals surface area contributed by atoms with Crippen molar-refractivity contribution in [2.75, 3.05) is 5.32 Å². The number of amides is 1. The molecule has 2 rings (SSSR count). The molecule has 3 N–H and O–H groups in total. The molecule has 0 saturated carbocycles. The van der Waals surface area contributed by atoms with Gasteiger partial charge in [0.25, 0.3) is 0 Å². The van der Waals surface area contributed by atoms with Gasteiger partial charge in [-0.05, 0) is 26.0 Å². The van der Waals surface area contributed by atoms with Crippen LogP contribution in [0.3, 0.4) is 0 Å². The van der Waals surface area contributed by atoms with E-state index in [-0.39, 0.29) is 6.04 Å². The number of hydrogen-bond acceptors (Lipinski definition) is 3. The molecule has 0 aliphatic heterocycles. The van der Waals surface area contributed by atoms with E-state index in [4.69, 9.17) is 5.73 Å². The fraction of sp³-hybridized carbons (Fsp3) is 0.286. The maximum Gasteiger partial charge on any atom is 0.244 e. The Hall–Kier alpha value is -2.30. The molecule has 19 heavy (non-hydrogen) atoms. The molecule has 0 fully saturated rings. The second-order valence-electron chi connectivity index (χ2n) is 4.69. The Morgan fingerprint density at radius 3 is 2.53 bits per heavy atom. The van der Waals surface area contributed by atoms with Gasteiger partial charge in [0, 0.05) is 23.5 Å². The van der Waals surface area contributed by atoms with E-state index >= 15 is 0 Å². The van der Waals surface area contributed by atoms with Gasteiger partial charge in [-0.15, -0.1) is 0 Å². The molecule has 1 heterocycles. The van der Waals surface area contributed by atoms with Crippen LogP contribution in [-0.4, -0.2) is 15.7 Å². The highest BCUT2D eigenvalue weighted by Gasteiger charge is 2.19. The summed E-state index contributed by atoms with van der Waals surface area (Å²) >= 11 is 0. The molecule has 1 unspecified atom stereocenters. The lowest BCUT2D eigenvalue weighted by molar-refractivity contribution is -0.118. The van der Waals surface area contributed by atoms with Gasteiger partial charge in [0.15, 0.2) is 0 Å². The molecule has 5 nitrogen and oxygen atoms in total. The third-order valence-electron chi connectivity index (χ3n) is 2.85. The summed E-state index contributed by atoms with van der Waals surface area (Å²) in [6.45, 7) is 4.06. The van der Waals surface area contributed by atoms with Crippen molar-refractivity contribution >= 4 is 11.6 Å². The van der Waals surface area contributed by atoms with Crippen LogP contribution in [0.5, 0.6) is 0 Å². The molecular formula is C14H18N4O. The Morgan fingerprint density at radius 1 is 1.32 bits per heavy atom. The van der Waals surface area contributed by atoms with Gasteiger partial charge in [-0.3, -0.25) is 9.48 Å². The van der Waals surface area contributed by atoms with Crippen LogP contribution in [0.15, 0.2) is 42.7 Å². The number of aromatic nitrogens is 2. The molecule has 0 spiro atoms. The molecule has 0 bridgehead atoms. The minimum absolute atomic E-state index is 0.249. The predicted molar refractivity (Wildman–Crippen MR) is 74.6 cm³/mol. The van der Waals surface area contributed by atoms with Crippen LogP contribution >= 0.6 is 0 Å². The van der Waals surface area contributed by atoms with Crippen molar-refractivity contribution in [1.29, 1.82) is 0 Å². The summed E-state index contributed by atoms with van der Waals surface area (Å²) in [5.74, 6) is -0.424. The highest BCUT2D eigenvalue weighted by atomic mass is 16.1. The van der Waals surface area contributed by atoms with E-state index in [0.717, 1.165) is 11.3 Å². The first-order valence-corrected chi connectivity index (χ1v) is 6.23. The minimum atomic E-state index is -0.574. The number of primary amides is 1. The predicted octanol–water partition coefficient (Wildman–Crippen LogP) is 2.10. The molecule has 1 amide bonds. The number of para-hydroxylation sites is 1. The molecular weight excluding hydrogens is 240 g/mol. The van der Waals surface area contributed by atoms with Gasteiger partial charge in [-0.25, -0.2) is 0 Å². The maximum absolute atomic E-state index is 11.6. The summed E-state index contributed by atoms with van der Waals surface area (Å²) in [6, 6.07) is 9.18. The Kier molecular flexibility index (Phi) is 3.85. The number of carbonyl (C=O) groups is 1. The van der Waals surface area contributed by atoms with Gasteiger partial charge in [0.2, 0.25) is 5.91 Å². The third-order valence-corrected chi connectivity index (χ3v) is 2.85. The summed E-state index contributed by atoms with van der Waals surface area (Å²) in [5.41, 5.74) is 7.08. The van der Waals surface area contributed by atoms with E-state index in [1.165, 1.54) is 0 Å². The number of anilines is 1. The zero-order chi connectivity index (χ0) is 13.8. The molecule has 1 aromatic heterocycles. The van der Waals surface area contributed by atoms with Crippen molar-refractivity contribution in [3.8, 4) is 0 Å². The number of carbonyl (C=O) groups excluding carboxylic acids is 1. The van der Waals surface area contributed by atoms with Crippen LogP contribution in [0.2, 0.25) is 0 Å². The van der Waals surface area contributed by atoms with Gasteiger partial charge in [0.1, 0.15) is 6.04 Å². The van der Waals surface area contributed by atoms with Crippen LogP contribution in [0.1, 0.15) is 31.5 Å². The van der Waals surface area contributed by atoms with Gasteiger partial charge >= 0.3 is 0 Å². The molecule has 1 atom stereocenters. The van der Waals surface area contributed by atoms with Crippen LogP contribution < -0.4 is 11.1 Å². The van der Waals surface area contributed by atoms with E-state index in [2.05, 4.69) is 10.4 Å². The smallest absolute Gasteiger partial charge is 0.244 e. The summed E-state index contributed by atoms with van der Waals surface area (Å²) in [5, 5.41) is 7.35. The van der Waals surface area contributed by atoms with Gasteiger partial charge in [-0.1, -0.05) is 18.2 Å².